The number of carbonyl (C=O) groups is 1. The van der Waals surface area contributed by atoms with Crippen molar-refractivity contribution in [2.24, 2.45) is 5.92 Å². The van der Waals surface area contributed by atoms with Crippen molar-refractivity contribution in [2.75, 3.05) is 6.61 Å². The van der Waals surface area contributed by atoms with Crippen LogP contribution in [0.25, 0.3) is 6.08 Å². The summed E-state index contributed by atoms with van der Waals surface area (Å²) in [4.78, 5) is 11.4. The van der Waals surface area contributed by atoms with Gasteiger partial charge in [0.05, 0.1) is 12.7 Å². The number of carbonyl (C=O) groups excluding carboxylic acids is 1. The Labute approximate surface area is 114 Å². The topological polar surface area (TPSA) is 35.5 Å². The maximum Gasteiger partial charge on any atom is 0.330 e. The molecule has 0 aliphatic heterocycles. The zero-order valence-corrected chi connectivity index (χ0v) is 11.5. The first-order chi connectivity index (χ1) is 9.13. The van der Waals surface area contributed by atoms with Crippen LogP contribution in [0.1, 0.15) is 32.3 Å². The van der Waals surface area contributed by atoms with Crippen LogP contribution >= 0.6 is 0 Å². The fourth-order valence-corrected chi connectivity index (χ4v) is 1.63. The number of hydrogen-bond acceptors (Lipinski definition) is 3. The maximum atomic E-state index is 11.4. The van der Waals surface area contributed by atoms with Gasteiger partial charge >= 0.3 is 5.97 Å². The molecule has 2 rings (SSSR count). The van der Waals surface area contributed by atoms with E-state index in [-0.39, 0.29) is 12.1 Å². The highest BCUT2D eigenvalue weighted by atomic mass is 16.5. The number of rotatable bonds is 6. The molecule has 0 unspecified atom stereocenters. The van der Waals surface area contributed by atoms with Crippen molar-refractivity contribution in [2.45, 2.75) is 32.8 Å². The van der Waals surface area contributed by atoms with Gasteiger partial charge in [0.25, 0.3) is 0 Å². The van der Waals surface area contributed by atoms with Crippen molar-refractivity contribution >= 4 is 12.0 Å². The van der Waals surface area contributed by atoms with Crippen molar-refractivity contribution in [3.63, 3.8) is 0 Å². The molecule has 0 bridgehead atoms. The van der Waals surface area contributed by atoms with Crippen LogP contribution in [0.4, 0.5) is 0 Å². The lowest BCUT2D eigenvalue weighted by Crippen LogP contribution is -2.05. The van der Waals surface area contributed by atoms with Gasteiger partial charge in [0.15, 0.2) is 0 Å². The standard InChI is InChI=1S/C16H20O3/c1-12(2)19-15-8-5-13(6-9-15)7-10-16(17)18-11-14-3-4-14/h5-10,12,14H,3-4,11H2,1-2H3. The molecular formula is C16H20O3. The second-order valence-electron chi connectivity index (χ2n) is 5.14. The van der Waals surface area contributed by atoms with Gasteiger partial charge in [-0.1, -0.05) is 12.1 Å². The molecule has 0 spiro atoms. The lowest BCUT2D eigenvalue weighted by Gasteiger charge is -2.09. The van der Waals surface area contributed by atoms with Crippen LogP contribution in [0.2, 0.25) is 0 Å². The molecule has 1 aromatic rings. The molecule has 1 fully saturated rings. The highest BCUT2D eigenvalue weighted by Crippen LogP contribution is 2.28. The largest absolute Gasteiger partial charge is 0.491 e. The number of hydrogen-bond donors (Lipinski definition) is 0. The Balaban J connectivity index is 1.81. The Bertz CT molecular complexity index is 442. The molecule has 102 valence electrons. The Hall–Kier alpha value is -1.77. The van der Waals surface area contributed by atoms with E-state index < -0.39 is 0 Å². The molecule has 0 aromatic heterocycles. The summed E-state index contributed by atoms with van der Waals surface area (Å²) in [5, 5.41) is 0. The van der Waals surface area contributed by atoms with Gasteiger partial charge in [-0.2, -0.15) is 0 Å². The summed E-state index contributed by atoms with van der Waals surface area (Å²) in [6, 6.07) is 7.63. The van der Waals surface area contributed by atoms with Gasteiger partial charge < -0.3 is 9.47 Å². The van der Waals surface area contributed by atoms with Crippen molar-refractivity contribution in [1.82, 2.24) is 0 Å². The second-order valence-corrected chi connectivity index (χ2v) is 5.14. The zero-order valence-electron chi connectivity index (χ0n) is 11.5. The molecule has 1 aliphatic rings. The van der Waals surface area contributed by atoms with Crippen molar-refractivity contribution < 1.29 is 14.3 Å². The minimum atomic E-state index is -0.269. The molecule has 0 N–H and O–H groups in total. The first-order valence-electron chi connectivity index (χ1n) is 6.75. The minimum absolute atomic E-state index is 0.166. The molecule has 0 saturated heterocycles. The summed E-state index contributed by atoms with van der Waals surface area (Å²) < 4.78 is 10.7. The van der Waals surface area contributed by atoms with Crippen LogP contribution < -0.4 is 4.74 Å². The van der Waals surface area contributed by atoms with Crippen LogP contribution in [0, 0.1) is 5.92 Å². The summed E-state index contributed by atoms with van der Waals surface area (Å²) in [6.07, 6.45) is 5.77. The minimum Gasteiger partial charge on any atom is -0.491 e. The van der Waals surface area contributed by atoms with E-state index in [1.807, 2.05) is 38.1 Å². The summed E-state index contributed by atoms with van der Waals surface area (Å²) in [5.74, 6) is 1.17. The summed E-state index contributed by atoms with van der Waals surface area (Å²) >= 11 is 0. The molecule has 1 aliphatic carbocycles. The molecular weight excluding hydrogens is 240 g/mol. The Morgan fingerprint density at radius 2 is 2.00 bits per heavy atom. The first kappa shape index (κ1) is 13.7. The van der Waals surface area contributed by atoms with E-state index >= 15 is 0 Å². The number of benzene rings is 1. The monoisotopic (exact) mass is 260 g/mol. The van der Waals surface area contributed by atoms with E-state index in [2.05, 4.69) is 0 Å². The van der Waals surface area contributed by atoms with Crippen LogP contribution in [-0.4, -0.2) is 18.7 Å². The number of ether oxygens (including phenoxy) is 2. The molecule has 3 heteroatoms. The average Bonchev–Trinajstić information content (AvgIpc) is 3.19. The third-order valence-electron chi connectivity index (χ3n) is 2.82. The molecule has 0 atom stereocenters. The van der Waals surface area contributed by atoms with Gasteiger partial charge in [0, 0.05) is 6.08 Å². The van der Waals surface area contributed by atoms with Crippen molar-refractivity contribution in [1.29, 1.82) is 0 Å². The third kappa shape index (κ3) is 5.16. The summed E-state index contributed by atoms with van der Waals surface area (Å²) in [5.41, 5.74) is 0.958. The summed E-state index contributed by atoms with van der Waals surface area (Å²) in [7, 11) is 0. The molecule has 3 nitrogen and oxygen atoms in total. The fraction of sp³-hybridized carbons (Fsp3) is 0.438. The van der Waals surface area contributed by atoms with E-state index in [1.54, 1.807) is 6.08 Å². The summed E-state index contributed by atoms with van der Waals surface area (Å²) in [6.45, 7) is 4.54. The van der Waals surface area contributed by atoms with E-state index in [4.69, 9.17) is 9.47 Å². The molecule has 1 saturated carbocycles. The Morgan fingerprint density at radius 3 is 2.58 bits per heavy atom. The van der Waals surface area contributed by atoms with Gasteiger partial charge in [-0.15, -0.1) is 0 Å². The maximum absolute atomic E-state index is 11.4. The first-order valence-corrected chi connectivity index (χ1v) is 6.75. The highest BCUT2D eigenvalue weighted by molar-refractivity contribution is 5.87. The lowest BCUT2D eigenvalue weighted by molar-refractivity contribution is -0.138. The molecule has 0 amide bonds. The molecule has 19 heavy (non-hydrogen) atoms. The fourth-order valence-electron chi connectivity index (χ4n) is 1.63. The zero-order chi connectivity index (χ0) is 13.7. The molecule has 0 heterocycles. The quantitative estimate of drug-likeness (QED) is 0.580. The van der Waals surface area contributed by atoms with Gasteiger partial charge in [0.2, 0.25) is 0 Å². The second kappa shape index (κ2) is 6.41. The third-order valence-corrected chi connectivity index (χ3v) is 2.82. The SMILES string of the molecule is CC(C)Oc1ccc(C=CC(=O)OCC2CC2)cc1. The van der Waals surface area contributed by atoms with E-state index in [1.165, 1.54) is 18.9 Å². The van der Waals surface area contributed by atoms with E-state index in [0.29, 0.717) is 12.5 Å². The van der Waals surface area contributed by atoms with E-state index in [9.17, 15) is 4.79 Å². The Kier molecular flexibility index (Phi) is 4.61. The van der Waals surface area contributed by atoms with Crippen molar-refractivity contribution in [3.05, 3.63) is 35.9 Å². The normalized spacial score (nSPS) is 14.9. The van der Waals surface area contributed by atoms with Crippen molar-refractivity contribution in [3.8, 4) is 5.75 Å². The van der Waals surface area contributed by atoms with Crippen LogP contribution in [0.5, 0.6) is 5.75 Å². The predicted molar refractivity (Wildman–Crippen MR) is 74.9 cm³/mol. The number of esters is 1. The smallest absolute Gasteiger partial charge is 0.330 e. The van der Waals surface area contributed by atoms with Crippen LogP contribution in [0.3, 0.4) is 0 Å². The van der Waals surface area contributed by atoms with Crippen LogP contribution in [-0.2, 0) is 9.53 Å². The molecule has 0 radical (unpaired) electrons. The van der Waals surface area contributed by atoms with Gasteiger partial charge in [-0.05, 0) is 56.4 Å². The van der Waals surface area contributed by atoms with E-state index in [0.717, 1.165) is 11.3 Å². The predicted octanol–water partition coefficient (Wildman–Crippen LogP) is 3.44. The molecule has 1 aromatic carbocycles. The average molecular weight is 260 g/mol. The highest BCUT2D eigenvalue weighted by Gasteiger charge is 2.22. The van der Waals surface area contributed by atoms with Gasteiger partial charge in [0.1, 0.15) is 5.75 Å². The van der Waals surface area contributed by atoms with Crippen LogP contribution in [0.15, 0.2) is 30.3 Å². The van der Waals surface area contributed by atoms with Gasteiger partial charge in [-0.25, -0.2) is 4.79 Å². The Morgan fingerprint density at radius 1 is 1.32 bits per heavy atom. The van der Waals surface area contributed by atoms with Gasteiger partial charge in [-0.3, -0.25) is 0 Å². The lowest BCUT2D eigenvalue weighted by atomic mass is 10.2.